The first-order valence-electron chi connectivity index (χ1n) is 7.58. The molecular weight excluding hydrogens is 415 g/mol. The minimum atomic E-state index is -3.52. The summed E-state index contributed by atoms with van der Waals surface area (Å²) in [5.74, 6) is -0.797. The van der Waals surface area contributed by atoms with E-state index >= 15 is 0 Å². The number of benzene rings is 2. The molecule has 9 heteroatoms. The topological polar surface area (TPSA) is 68.5 Å². The van der Waals surface area contributed by atoms with Gasteiger partial charge in [0.05, 0.1) is 25.9 Å². The van der Waals surface area contributed by atoms with Crippen LogP contribution in [-0.4, -0.2) is 24.6 Å². The van der Waals surface area contributed by atoms with Gasteiger partial charge in [0.15, 0.2) is 14.6 Å². The van der Waals surface area contributed by atoms with E-state index in [9.17, 15) is 13.2 Å². The fourth-order valence-electron chi connectivity index (χ4n) is 2.44. The third kappa shape index (κ3) is 4.01. The van der Waals surface area contributed by atoms with Gasteiger partial charge in [-0.15, -0.1) is 0 Å². The molecule has 2 aromatic carbocycles. The molecule has 0 unspecified atom stereocenters. The Morgan fingerprint density at radius 2 is 1.88 bits per heavy atom. The van der Waals surface area contributed by atoms with Crippen LogP contribution in [-0.2, 0) is 21.7 Å². The molecular formula is C17H14Cl2N2O3S2. The maximum atomic E-state index is 12.3. The van der Waals surface area contributed by atoms with Crippen molar-refractivity contribution in [2.75, 3.05) is 5.75 Å². The molecule has 136 valence electrons. The monoisotopic (exact) mass is 428 g/mol. The van der Waals surface area contributed by atoms with Crippen molar-refractivity contribution in [2.24, 2.45) is 12.0 Å². The molecule has 0 spiro atoms. The van der Waals surface area contributed by atoms with E-state index in [1.807, 2.05) is 0 Å². The van der Waals surface area contributed by atoms with Crippen molar-refractivity contribution in [2.45, 2.75) is 11.3 Å². The SMILES string of the molecule is Cn1c(=NC(=O)CCS(=O)(=O)c2ccccc2)sc2cc(Cl)cc(Cl)c21. The first-order chi connectivity index (χ1) is 12.3. The number of hydrogen-bond acceptors (Lipinski definition) is 4. The highest BCUT2D eigenvalue weighted by Crippen LogP contribution is 2.29. The molecule has 1 heterocycles. The lowest BCUT2D eigenvalue weighted by Crippen LogP contribution is -2.16. The number of thiazole rings is 1. The van der Waals surface area contributed by atoms with Gasteiger partial charge in [-0.25, -0.2) is 8.42 Å². The van der Waals surface area contributed by atoms with Crippen LogP contribution in [0.1, 0.15) is 6.42 Å². The Balaban J connectivity index is 1.85. The van der Waals surface area contributed by atoms with Crippen molar-refractivity contribution < 1.29 is 13.2 Å². The van der Waals surface area contributed by atoms with Crippen LogP contribution in [0.3, 0.4) is 0 Å². The van der Waals surface area contributed by atoms with Crippen molar-refractivity contribution in [3.05, 3.63) is 57.3 Å². The summed E-state index contributed by atoms with van der Waals surface area (Å²) in [7, 11) is -1.78. The first-order valence-corrected chi connectivity index (χ1v) is 10.8. The van der Waals surface area contributed by atoms with Crippen molar-refractivity contribution in [1.29, 1.82) is 0 Å². The number of nitrogens with zero attached hydrogens (tertiary/aromatic N) is 2. The Labute approximate surface area is 164 Å². The van der Waals surface area contributed by atoms with E-state index in [1.54, 1.807) is 41.9 Å². The molecule has 0 aliphatic heterocycles. The third-order valence-electron chi connectivity index (χ3n) is 3.72. The van der Waals surface area contributed by atoms with Gasteiger partial charge in [-0.2, -0.15) is 4.99 Å². The second-order valence-corrected chi connectivity index (χ2v) is 9.53. The molecule has 0 atom stereocenters. The molecule has 0 bridgehead atoms. The lowest BCUT2D eigenvalue weighted by Gasteiger charge is -2.02. The second kappa shape index (κ2) is 7.52. The molecule has 1 amide bonds. The minimum absolute atomic E-state index is 0.194. The molecule has 5 nitrogen and oxygen atoms in total. The van der Waals surface area contributed by atoms with Gasteiger partial charge in [-0.05, 0) is 24.3 Å². The van der Waals surface area contributed by atoms with Crippen molar-refractivity contribution in [1.82, 2.24) is 4.57 Å². The maximum Gasteiger partial charge on any atom is 0.249 e. The van der Waals surface area contributed by atoms with Gasteiger partial charge >= 0.3 is 0 Å². The summed E-state index contributed by atoms with van der Waals surface area (Å²) in [5, 5.41) is 0.961. The van der Waals surface area contributed by atoms with Gasteiger partial charge < -0.3 is 4.57 Å². The number of hydrogen-bond donors (Lipinski definition) is 0. The van der Waals surface area contributed by atoms with Crippen LogP contribution in [0, 0.1) is 0 Å². The molecule has 0 aliphatic rings. The van der Waals surface area contributed by atoms with Gasteiger partial charge in [0.25, 0.3) is 0 Å². The number of fused-ring (bicyclic) bond motifs is 1. The van der Waals surface area contributed by atoms with Crippen LogP contribution in [0.15, 0.2) is 52.4 Å². The normalized spacial score (nSPS) is 12.7. The lowest BCUT2D eigenvalue weighted by molar-refractivity contribution is -0.117. The minimum Gasteiger partial charge on any atom is -0.318 e. The van der Waals surface area contributed by atoms with Gasteiger partial charge in [0, 0.05) is 18.5 Å². The molecule has 0 aliphatic carbocycles. The van der Waals surface area contributed by atoms with E-state index in [0.717, 1.165) is 10.2 Å². The summed E-state index contributed by atoms with van der Waals surface area (Å²) in [6.07, 6.45) is -0.194. The number of amides is 1. The molecule has 0 saturated heterocycles. The van der Waals surface area contributed by atoms with Crippen LogP contribution >= 0.6 is 34.5 Å². The summed E-state index contributed by atoms with van der Waals surface area (Å²) in [4.78, 5) is 16.8. The third-order valence-corrected chi connectivity index (χ3v) is 7.04. The Morgan fingerprint density at radius 1 is 1.19 bits per heavy atom. The molecule has 0 radical (unpaired) electrons. The highest BCUT2D eigenvalue weighted by molar-refractivity contribution is 7.91. The number of aryl methyl sites for hydroxylation is 1. The lowest BCUT2D eigenvalue weighted by atomic mass is 10.3. The largest absolute Gasteiger partial charge is 0.318 e. The summed E-state index contributed by atoms with van der Waals surface area (Å²) in [5.41, 5.74) is 0.726. The molecule has 3 rings (SSSR count). The van der Waals surface area contributed by atoms with Crippen molar-refractivity contribution in [3.8, 4) is 0 Å². The summed E-state index contributed by atoms with van der Waals surface area (Å²) in [6, 6.07) is 11.4. The molecule has 26 heavy (non-hydrogen) atoms. The predicted octanol–water partition coefficient (Wildman–Crippen LogP) is 3.84. The highest BCUT2D eigenvalue weighted by atomic mass is 35.5. The smallest absolute Gasteiger partial charge is 0.249 e. The molecule has 1 aromatic heterocycles. The number of carbonyl (C=O) groups excluding carboxylic acids is 1. The van der Waals surface area contributed by atoms with Crippen molar-refractivity contribution in [3.63, 3.8) is 0 Å². The first kappa shape index (κ1) is 19.1. The maximum absolute atomic E-state index is 12.3. The molecule has 0 saturated carbocycles. The Hall–Kier alpha value is -1.67. The zero-order valence-corrected chi connectivity index (χ0v) is 16.8. The van der Waals surface area contributed by atoms with E-state index in [0.29, 0.717) is 14.8 Å². The fourth-order valence-corrected chi connectivity index (χ4v) is 5.53. The number of sulfone groups is 1. The Kier molecular flexibility index (Phi) is 5.53. The van der Waals surface area contributed by atoms with E-state index in [4.69, 9.17) is 23.2 Å². The zero-order valence-electron chi connectivity index (χ0n) is 13.6. The van der Waals surface area contributed by atoms with Crippen LogP contribution in [0.4, 0.5) is 0 Å². The molecule has 0 fully saturated rings. The quantitative estimate of drug-likeness (QED) is 0.633. The van der Waals surface area contributed by atoms with Gasteiger partial charge in [-0.3, -0.25) is 4.79 Å². The van der Waals surface area contributed by atoms with Crippen LogP contribution in [0.5, 0.6) is 0 Å². The second-order valence-electron chi connectivity index (χ2n) is 5.57. The van der Waals surface area contributed by atoms with E-state index in [-0.39, 0.29) is 17.1 Å². The molecule has 3 aromatic rings. The fraction of sp³-hybridized carbons (Fsp3) is 0.176. The van der Waals surface area contributed by atoms with Gasteiger partial charge in [0.2, 0.25) is 5.91 Å². The average Bonchev–Trinajstić information content (AvgIpc) is 2.89. The molecule has 0 N–H and O–H groups in total. The number of rotatable bonds is 4. The zero-order chi connectivity index (χ0) is 18.9. The Bertz CT molecular complexity index is 1150. The standard InChI is InChI=1S/C17H14Cl2N2O3S2/c1-21-16-13(19)9-11(18)10-14(16)25-17(21)20-15(22)7-8-26(23,24)12-5-3-2-4-6-12/h2-6,9-10H,7-8H2,1H3. The van der Waals surface area contributed by atoms with Gasteiger partial charge in [-0.1, -0.05) is 52.7 Å². The van der Waals surface area contributed by atoms with Crippen LogP contribution in [0.2, 0.25) is 10.0 Å². The van der Waals surface area contributed by atoms with E-state index in [2.05, 4.69) is 4.99 Å². The average molecular weight is 429 g/mol. The van der Waals surface area contributed by atoms with E-state index < -0.39 is 15.7 Å². The number of carbonyl (C=O) groups is 1. The summed E-state index contributed by atoms with van der Waals surface area (Å²) >= 11 is 13.5. The Morgan fingerprint density at radius 3 is 2.58 bits per heavy atom. The summed E-state index contributed by atoms with van der Waals surface area (Å²) in [6.45, 7) is 0. The summed E-state index contributed by atoms with van der Waals surface area (Å²) < 4.78 is 27.0. The van der Waals surface area contributed by atoms with Crippen LogP contribution in [0.25, 0.3) is 10.2 Å². The highest BCUT2D eigenvalue weighted by Gasteiger charge is 2.16. The number of halogens is 2. The van der Waals surface area contributed by atoms with Crippen LogP contribution < -0.4 is 4.80 Å². The van der Waals surface area contributed by atoms with E-state index in [1.165, 1.54) is 23.5 Å². The van der Waals surface area contributed by atoms with Gasteiger partial charge in [0.1, 0.15) is 0 Å². The predicted molar refractivity (Wildman–Crippen MR) is 104 cm³/mol. The number of aromatic nitrogens is 1. The van der Waals surface area contributed by atoms with Crippen molar-refractivity contribution >= 4 is 60.5 Å².